The van der Waals surface area contributed by atoms with E-state index >= 15 is 0 Å². The SMILES string of the molecule is OC(c1csc(NCc2ccncc2)n1)(C(F)(F)F)C(F)(F)F. The molecule has 2 heterocycles. The quantitative estimate of drug-likeness (QED) is 0.823. The van der Waals surface area contributed by atoms with Crippen LogP contribution in [0.15, 0.2) is 29.9 Å². The van der Waals surface area contributed by atoms with Gasteiger partial charge >= 0.3 is 12.4 Å². The topological polar surface area (TPSA) is 58.0 Å². The third-order valence-corrected chi connectivity index (χ3v) is 3.69. The molecule has 0 bridgehead atoms. The Kier molecular flexibility index (Phi) is 4.53. The third-order valence-electron chi connectivity index (χ3n) is 2.89. The van der Waals surface area contributed by atoms with E-state index in [1.165, 1.54) is 12.4 Å². The lowest BCUT2D eigenvalue weighted by Crippen LogP contribution is -2.54. The second-order valence-corrected chi connectivity index (χ2v) is 5.31. The van der Waals surface area contributed by atoms with Crippen LogP contribution in [0.25, 0.3) is 0 Å². The molecule has 0 saturated heterocycles. The molecule has 0 radical (unpaired) electrons. The maximum Gasteiger partial charge on any atom is 0.432 e. The molecule has 23 heavy (non-hydrogen) atoms. The summed E-state index contributed by atoms with van der Waals surface area (Å²) < 4.78 is 76.3. The smallest absolute Gasteiger partial charge is 0.368 e. The maximum absolute atomic E-state index is 12.7. The molecular weight excluding hydrogens is 348 g/mol. The molecule has 0 amide bonds. The fourth-order valence-corrected chi connectivity index (χ4v) is 2.40. The number of rotatable bonds is 4. The number of alkyl halides is 6. The molecule has 11 heteroatoms. The Morgan fingerprint density at radius 1 is 1.04 bits per heavy atom. The van der Waals surface area contributed by atoms with Crippen LogP contribution in [0.1, 0.15) is 11.3 Å². The molecule has 0 spiro atoms. The Hall–Kier alpha value is -1.88. The molecule has 0 aliphatic heterocycles. The highest BCUT2D eigenvalue weighted by molar-refractivity contribution is 7.13. The van der Waals surface area contributed by atoms with E-state index in [4.69, 9.17) is 0 Å². The van der Waals surface area contributed by atoms with Gasteiger partial charge in [-0.3, -0.25) is 4.98 Å². The molecule has 4 nitrogen and oxygen atoms in total. The maximum atomic E-state index is 12.7. The number of nitrogens with zero attached hydrogens (tertiary/aromatic N) is 2. The van der Waals surface area contributed by atoms with Gasteiger partial charge in [0, 0.05) is 24.3 Å². The first kappa shape index (κ1) is 17.5. The number of thiazole rings is 1. The zero-order valence-corrected chi connectivity index (χ0v) is 11.9. The molecule has 0 fully saturated rings. The molecule has 126 valence electrons. The Bertz CT molecular complexity index is 641. The van der Waals surface area contributed by atoms with Crippen LogP contribution in [0.2, 0.25) is 0 Å². The van der Waals surface area contributed by atoms with Gasteiger partial charge < -0.3 is 10.4 Å². The molecule has 0 atom stereocenters. The highest BCUT2D eigenvalue weighted by Gasteiger charge is 2.72. The number of halogens is 6. The monoisotopic (exact) mass is 357 g/mol. The van der Waals surface area contributed by atoms with Crippen molar-refractivity contribution in [1.29, 1.82) is 0 Å². The van der Waals surface area contributed by atoms with Crippen LogP contribution in [0.5, 0.6) is 0 Å². The lowest BCUT2D eigenvalue weighted by Gasteiger charge is -2.30. The molecule has 0 aliphatic rings. The van der Waals surface area contributed by atoms with Crippen molar-refractivity contribution in [2.75, 3.05) is 5.32 Å². The van der Waals surface area contributed by atoms with Crippen LogP contribution < -0.4 is 5.32 Å². The van der Waals surface area contributed by atoms with Gasteiger partial charge in [-0.15, -0.1) is 11.3 Å². The van der Waals surface area contributed by atoms with E-state index in [2.05, 4.69) is 15.3 Å². The van der Waals surface area contributed by atoms with Gasteiger partial charge in [-0.25, -0.2) is 4.98 Å². The van der Waals surface area contributed by atoms with Crippen molar-refractivity contribution in [2.45, 2.75) is 24.5 Å². The number of nitrogens with one attached hydrogen (secondary N) is 1. The molecule has 2 aromatic rings. The second kappa shape index (κ2) is 5.96. The molecule has 2 aromatic heterocycles. The number of aliphatic hydroxyl groups is 1. The zero-order chi connectivity index (χ0) is 17.3. The van der Waals surface area contributed by atoms with Crippen LogP contribution in [-0.2, 0) is 12.1 Å². The van der Waals surface area contributed by atoms with E-state index in [0.717, 1.165) is 0 Å². The minimum atomic E-state index is -5.94. The standard InChI is InChI=1S/C12H9F6N3OS/c13-11(14,15)10(22,12(16,17)18)8-6-23-9(21-8)20-5-7-1-3-19-4-2-7/h1-4,6,22H,5H2,(H,20,21). The first-order valence-corrected chi connectivity index (χ1v) is 6.88. The number of hydrogen-bond acceptors (Lipinski definition) is 5. The van der Waals surface area contributed by atoms with Crippen molar-refractivity contribution in [2.24, 2.45) is 0 Å². The van der Waals surface area contributed by atoms with Crippen molar-refractivity contribution in [3.8, 4) is 0 Å². The van der Waals surface area contributed by atoms with Crippen LogP contribution >= 0.6 is 11.3 Å². The largest absolute Gasteiger partial charge is 0.432 e. The van der Waals surface area contributed by atoms with Crippen LogP contribution in [-0.4, -0.2) is 27.4 Å². The molecule has 0 aromatic carbocycles. The summed E-state index contributed by atoms with van der Waals surface area (Å²) in [7, 11) is 0. The van der Waals surface area contributed by atoms with E-state index in [0.29, 0.717) is 22.3 Å². The molecule has 2 rings (SSSR count). The van der Waals surface area contributed by atoms with Crippen LogP contribution in [0, 0.1) is 0 Å². The van der Waals surface area contributed by atoms with E-state index in [-0.39, 0.29) is 11.7 Å². The van der Waals surface area contributed by atoms with Gasteiger partial charge in [-0.2, -0.15) is 26.3 Å². The lowest BCUT2D eigenvalue weighted by atomic mass is 9.99. The predicted molar refractivity (Wildman–Crippen MR) is 69.7 cm³/mol. The first-order valence-electron chi connectivity index (χ1n) is 6.00. The number of aromatic nitrogens is 2. The van der Waals surface area contributed by atoms with Crippen molar-refractivity contribution < 1.29 is 31.4 Å². The fraction of sp³-hybridized carbons (Fsp3) is 0.333. The Morgan fingerprint density at radius 2 is 1.61 bits per heavy atom. The number of anilines is 1. The summed E-state index contributed by atoms with van der Waals surface area (Å²) in [6.07, 6.45) is -8.92. The normalized spacial score (nSPS) is 13.2. The van der Waals surface area contributed by atoms with E-state index in [9.17, 15) is 31.4 Å². The van der Waals surface area contributed by atoms with Gasteiger partial charge in [0.05, 0.1) is 0 Å². The number of pyridine rings is 1. The van der Waals surface area contributed by atoms with E-state index < -0.39 is 23.6 Å². The first-order chi connectivity index (χ1) is 10.6. The molecule has 0 saturated carbocycles. The number of hydrogen-bond donors (Lipinski definition) is 2. The van der Waals surface area contributed by atoms with Gasteiger partial charge in [-0.05, 0) is 17.7 Å². The summed E-state index contributed by atoms with van der Waals surface area (Å²) in [5.74, 6) is 0. The Balaban J connectivity index is 2.23. The van der Waals surface area contributed by atoms with Crippen molar-refractivity contribution >= 4 is 16.5 Å². The highest BCUT2D eigenvalue weighted by Crippen LogP contribution is 2.50. The highest BCUT2D eigenvalue weighted by atomic mass is 32.1. The van der Waals surface area contributed by atoms with E-state index in [1.807, 2.05) is 0 Å². The fourth-order valence-electron chi connectivity index (χ4n) is 1.65. The third kappa shape index (κ3) is 3.39. The van der Waals surface area contributed by atoms with Crippen LogP contribution in [0.4, 0.5) is 31.5 Å². The van der Waals surface area contributed by atoms with Gasteiger partial charge in [-0.1, -0.05) is 0 Å². The average molecular weight is 357 g/mol. The lowest BCUT2D eigenvalue weighted by molar-refractivity contribution is -0.377. The Morgan fingerprint density at radius 3 is 2.13 bits per heavy atom. The summed E-state index contributed by atoms with van der Waals surface area (Å²) in [6.45, 7) is 0.131. The summed E-state index contributed by atoms with van der Waals surface area (Å²) in [5.41, 5.74) is -5.81. The summed E-state index contributed by atoms with van der Waals surface area (Å²) in [4.78, 5) is 7.00. The summed E-state index contributed by atoms with van der Waals surface area (Å²) in [6, 6.07) is 3.23. The summed E-state index contributed by atoms with van der Waals surface area (Å²) >= 11 is 0.530. The average Bonchev–Trinajstić information content (AvgIpc) is 2.92. The van der Waals surface area contributed by atoms with Gasteiger partial charge in [0.25, 0.3) is 5.60 Å². The second-order valence-electron chi connectivity index (χ2n) is 4.45. The minimum Gasteiger partial charge on any atom is -0.368 e. The molecule has 0 unspecified atom stereocenters. The molecule has 0 aliphatic carbocycles. The van der Waals surface area contributed by atoms with Gasteiger partial charge in [0.15, 0.2) is 5.13 Å². The predicted octanol–water partition coefficient (Wildman–Crippen LogP) is 3.46. The van der Waals surface area contributed by atoms with Gasteiger partial charge in [0.2, 0.25) is 0 Å². The minimum absolute atomic E-state index is 0.131. The van der Waals surface area contributed by atoms with Crippen molar-refractivity contribution in [3.63, 3.8) is 0 Å². The summed E-state index contributed by atoms with van der Waals surface area (Å²) in [5, 5.41) is 12.1. The zero-order valence-electron chi connectivity index (χ0n) is 11.1. The van der Waals surface area contributed by atoms with Crippen LogP contribution in [0.3, 0.4) is 0 Å². The Labute approximate surface area is 129 Å². The molecular formula is C12H9F6N3OS. The molecule has 2 N–H and O–H groups in total. The van der Waals surface area contributed by atoms with Gasteiger partial charge in [0.1, 0.15) is 5.69 Å². The van der Waals surface area contributed by atoms with E-state index in [1.54, 1.807) is 12.1 Å². The van der Waals surface area contributed by atoms with Crippen molar-refractivity contribution in [1.82, 2.24) is 9.97 Å². The van der Waals surface area contributed by atoms with Crippen molar-refractivity contribution in [3.05, 3.63) is 41.2 Å².